The Kier molecular flexibility index (Phi) is 7.12. The second-order valence-electron chi connectivity index (χ2n) is 6.93. The fourth-order valence-electron chi connectivity index (χ4n) is 3.02. The van der Waals surface area contributed by atoms with Gasteiger partial charge in [-0.15, -0.1) is 0 Å². The van der Waals surface area contributed by atoms with Crippen molar-refractivity contribution in [2.45, 2.75) is 40.0 Å². The van der Waals surface area contributed by atoms with Crippen LogP contribution in [-0.4, -0.2) is 42.9 Å². The van der Waals surface area contributed by atoms with E-state index in [9.17, 15) is 9.59 Å². The lowest BCUT2D eigenvalue weighted by Gasteiger charge is -2.37. The van der Waals surface area contributed by atoms with Gasteiger partial charge in [-0.1, -0.05) is 32.4 Å². The van der Waals surface area contributed by atoms with Gasteiger partial charge >= 0.3 is 0 Å². The van der Waals surface area contributed by atoms with E-state index in [4.69, 9.17) is 11.6 Å². The van der Waals surface area contributed by atoms with Gasteiger partial charge in [0.15, 0.2) is 0 Å². The van der Waals surface area contributed by atoms with Crippen molar-refractivity contribution >= 4 is 34.8 Å². The topological polar surface area (TPSA) is 52.7 Å². The summed E-state index contributed by atoms with van der Waals surface area (Å²) < 4.78 is 0. The number of carbonyl (C=O) groups excluding carboxylic acids is 2. The first kappa shape index (κ1) is 19.6. The molecule has 0 aromatic heterocycles. The van der Waals surface area contributed by atoms with E-state index in [0.717, 1.165) is 30.9 Å². The zero-order valence-electron chi connectivity index (χ0n) is 15.3. The van der Waals surface area contributed by atoms with Gasteiger partial charge in [0.05, 0.1) is 11.4 Å². The molecule has 25 heavy (non-hydrogen) atoms. The highest BCUT2D eigenvalue weighted by atomic mass is 35.5. The number of hydrogen-bond acceptors (Lipinski definition) is 3. The quantitative estimate of drug-likeness (QED) is 0.834. The van der Waals surface area contributed by atoms with Crippen molar-refractivity contribution in [3.05, 3.63) is 23.2 Å². The summed E-state index contributed by atoms with van der Waals surface area (Å²) in [4.78, 5) is 28.3. The summed E-state index contributed by atoms with van der Waals surface area (Å²) in [7, 11) is 0. The van der Waals surface area contributed by atoms with Gasteiger partial charge in [-0.3, -0.25) is 9.59 Å². The molecule has 0 atom stereocenters. The average molecular weight is 366 g/mol. The van der Waals surface area contributed by atoms with Crippen LogP contribution in [0.4, 0.5) is 11.4 Å². The van der Waals surface area contributed by atoms with E-state index in [1.807, 2.05) is 37.8 Å². The van der Waals surface area contributed by atoms with Crippen molar-refractivity contribution in [2.24, 2.45) is 5.92 Å². The van der Waals surface area contributed by atoms with Crippen LogP contribution in [0.1, 0.15) is 40.0 Å². The van der Waals surface area contributed by atoms with Gasteiger partial charge in [0.2, 0.25) is 11.8 Å². The monoisotopic (exact) mass is 365 g/mol. The van der Waals surface area contributed by atoms with Crippen LogP contribution in [0.25, 0.3) is 0 Å². The van der Waals surface area contributed by atoms with Crippen molar-refractivity contribution in [3.63, 3.8) is 0 Å². The number of piperazine rings is 1. The summed E-state index contributed by atoms with van der Waals surface area (Å²) in [6.07, 6.45) is 1.96. The van der Waals surface area contributed by atoms with Gasteiger partial charge in [-0.2, -0.15) is 0 Å². The molecule has 1 aromatic carbocycles. The number of rotatable bonds is 6. The van der Waals surface area contributed by atoms with Gasteiger partial charge in [0, 0.05) is 44.0 Å². The minimum Gasteiger partial charge on any atom is -0.366 e. The molecular weight excluding hydrogens is 338 g/mol. The molecule has 0 spiro atoms. The van der Waals surface area contributed by atoms with Crippen molar-refractivity contribution in [3.8, 4) is 0 Å². The summed E-state index contributed by atoms with van der Waals surface area (Å²) in [6, 6.07) is 5.57. The SMILES string of the molecule is CCCC(=O)N1CCN(c2ccc(Cl)cc2NC(=O)CC(C)C)CC1. The smallest absolute Gasteiger partial charge is 0.224 e. The predicted octanol–water partition coefficient (Wildman–Crippen LogP) is 3.77. The van der Waals surface area contributed by atoms with Crippen LogP contribution in [-0.2, 0) is 9.59 Å². The molecule has 0 radical (unpaired) electrons. The number of halogens is 1. The fraction of sp³-hybridized carbons (Fsp3) is 0.579. The number of amides is 2. The summed E-state index contributed by atoms with van der Waals surface area (Å²) in [5.41, 5.74) is 1.70. The Hall–Kier alpha value is -1.75. The summed E-state index contributed by atoms with van der Waals surface area (Å²) in [6.45, 7) is 8.99. The maximum atomic E-state index is 12.2. The molecule has 1 aliphatic rings. The van der Waals surface area contributed by atoms with E-state index in [1.165, 1.54) is 0 Å². The largest absolute Gasteiger partial charge is 0.366 e. The third-order valence-corrected chi connectivity index (χ3v) is 4.50. The van der Waals surface area contributed by atoms with E-state index < -0.39 is 0 Å². The second kappa shape index (κ2) is 9.09. The molecule has 1 fully saturated rings. The first-order valence-electron chi connectivity index (χ1n) is 9.02. The van der Waals surface area contributed by atoms with Crippen molar-refractivity contribution in [1.82, 2.24) is 4.90 Å². The number of nitrogens with one attached hydrogen (secondary N) is 1. The van der Waals surface area contributed by atoms with E-state index in [-0.39, 0.29) is 11.8 Å². The van der Waals surface area contributed by atoms with E-state index in [2.05, 4.69) is 10.2 Å². The molecule has 0 aliphatic carbocycles. The van der Waals surface area contributed by atoms with Crippen LogP contribution >= 0.6 is 11.6 Å². The normalized spacial score (nSPS) is 14.8. The Labute approximate surface area is 155 Å². The van der Waals surface area contributed by atoms with Crippen LogP contribution in [0, 0.1) is 5.92 Å². The first-order chi connectivity index (χ1) is 11.9. The number of hydrogen-bond donors (Lipinski definition) is 1. The molecule has 0 bridgehead atoms. The Balaban J connectivity index is 2.07. The molecule has 138 valence electrons. The lowest BCUT2D eigenvalue weighted by molar-refractivity contribution is -0.131. The molecule has 0 unspecified atom stereocenters. The number of carbonyl (C=O) groups is 2. The van der Waals surface area contributed by atoms with Crippen molar-refractivity contribution in [1.29, 1.82) is 0 Å². The molecule has 1 N–H and O–H groups in total. The van der Waals surface area contributed by atoms with E-state index >= 15 is 0 Å². The van der Waals surface area contributed by atoms with Crippen LogP contribution in [0.3, 0.4) is 0 Å². The molecule has 2 amide bonds. The van der Waals surface area contributed by atoms with Gasteiger partial charge in [0.1, 0.15) is 0 Å². The lowest BCUT2D eigenvalue weighted by atomic mass is 10.1. The highest BCUT2D eigenvalue weighted by molar-refractivity contribution is 6.31. The highest BCUT2D eigenvalue weighted by Gasteiger charge is 2.22. The molecule has 2 rings (SSSR count). The van der Waals surface area contributed by atoms with Crippen molar-refractivity contribution in [2.75, 3.05) is 36.4 Å². The minimum atomic E-state index is -0.00437. The predicted molar refractivity (Wildman–Crippen MR) is 103 cm³/mol. The van der Waals surface area contributed by atoms with Gasteiger partial charge in [-0.05, 0) is 30.5 Å². The molecule has 5 nitrogen and oxygen atoms in total. The van der Waals surface area contributed by atoms with E-state index in [0.29, 0.717) is 36.9 Å². The molecule has 1 saturated heterocycles. The maximum absolute atomic E-state index is 12.2. The highest BCUT2D eigenvalue weighted by Crippen LogP contribution is 2.30. The van der Waals surface area contributed by atoms with Gasteiger partial charge in [-0.25, -0.2) is 0 Å². The van der Waals surface area contributed by atoms with Crippen LogP contribution in [0.5, 0.6) is 0 Å². The maximum Gasteiger partial charge on any atom is 0.224 e. The third-order valence-electron chi connectivity index (χ3n) is 4.26. The standard InChI is InChI=1S/C19H28ClN3O2/c1-4-5-19(25)23-10-8-22(9-11-23)17-7-6-15(20)13-16(17)21-18(24)12-14(2)3/h6-7,13-14H,4-5,8-12H2,1-3H3,(H,21,24). The Morgan fingerprint density at radius 3 is 2.48 bits per heavy atom. The molecular formula is C19H28ClN3O2. The van der Waals surface area contributed by atoms with E-state index in [1.54, 1.807) is 6.07 Å². The van der Waals surface area contributed by atoms with Gasteiger partial charge in [0.25, 0.3) is 0 Å². The Bertz CT molecular complexity index is 611. The fourth-order valence-corrected chi connectivity index (χ4v) is 3.20. The Morgan fingerprint density at radius 2 is 1.88 bits per heavy atom. The number of anilines is 2. The molecule has 1 aromatic rings. The first-order valence-corrected chi connectivity index (χ1v) is 9.40. The number of nitrogens with zero attached hydrogens (tertiary/aromatic N) is 2. The Morgan fingerprint density at radius 1 is 1.20 bits per heavy atom. The van der Waals surface area contributed by atoms with Crippen LogP contribution in [0.2, 0.25) is 5.02 Å². The average Bonchev–Trinajstić information content (AvgIpc) is 2.54. The van der Waals surface area contributed by atoms with Gasteiger partial charge < -0.3 is 15.1 Å². The van der Waals surface area contributed by atoms with Crippen LogP contribution in [0.15, 0.2) is 18.2 Å². The minimum absolute atomic E-state index is 0.00437. The third kappa shape index (κ3) is 5.63. The van der Waals surface area contributed by atoms with Crippen LogP contribution < -0.4 is 10.2 Å². The molecule has 0 saturated carbocycles. The zero-order valence-corrected chi connectivity index (χ0v) is 16.1. The molecule has 1 heterocycles. The van der Waals surface area contributed by atoms with Crippen molar-refractivity contribution < 1.29 is 9.59 Å². The molecule has 6 heteroatoms. The second-order valence-corrected chi connectivity index (χ2v) is 7.36. The summed E-state index contributed by atoms with van der Waals surface area (Å²) in [5.74, 6) is 0.523. The summed E-state index contributed by atoms with van der Waals surface area (Å²) >= 11 is 6.12. The molecule has 1 aliphatic heterocycles. The summed E-state index contributed by atoms with van der Waals surface area (Å²) in [5, 5.41) is 3.59. The lowest BCUT2D eigenvalue weighted by Crippen LogP contribution is -2.48. The number of benzene rings is 1. The zero-order chi connectivity index (χ0) is 18.4.